The van der Waals surface area contributed by atoms with E-state index in [1.807, 2.05) is 12.1 Å². The van der Waals surface area contributed by atoms with E-state index < -0.39 is 0 Å². The van der Waals surface area contributed by atoms with E-state index in [4.69, 9.17) is 9.47 Å². The molecule has 0 bridgehead atoms. The highest BCUT2D eigenvalue weighted by Gasteiger charge is 2.08. The van der Waals surface area contributed by atoms with E-state index in [1.54, 1.807) is 42.5 Å². The van der Waals surface area contributed by atoms with Crippen LogP contribution >= 0.6 is 0 Å². The van der Waals surface area contributed by atoms with E-state index in [2.05, 4.69) is 16.6 Å². The number of rotatable bonds is 8. The van der Waals surface area contributed by atoms with Gasteiger partial charge in [-0.3, -0.25) is 4.79 Å². The van der Waals surface area contributed by atoms with Gasteiger partial charge in [0.15, 0.2) is 11.5 Å². The molecule has 0 aliphatic heterocycles. The number of hydrogen-bond acceptors (Lipinski definition) is 5. The number of halogens is 1. The number of nitrogens with zero attached hydrogens (tertiary/aromatic N) is 2. The number of methoxy groups -OCH3 is 1. The molecule has 0 spiro atoms. The van der Waals surface area contributed by atoms with Gasteiger partial charge in [0.25, 0.3) is 0 Å². The highest BCUT2D eigenvalue weighted by atomic mass is 19.1. The van der Waals surface area contributed by atoms with Gasteiger partial charge in [-0.05, 0) is 47.5 Å². The zero-order valence-corrected chi connectivity index (χ0v) is 16.8. The summed E-state index contributed by atoms with van der Waals surface area (Å²) in [5.74, 6) is 0.354. The number of hydrogen-bond donors (Lipinski definition) is 1. The van der Waals surface area contributed by atoms with Gasteiger partial charge < -0.3 is 9.47 Å². The number of amides is 1. The minimum Gasteiger partial charge on any atom is -0.493 e. The molecule has 3 rings (SSSR count). The number of nitrogens with one attached hydrogen (secondary N) is 1. The number of benzene rings is 3. The molecule has 3 aromatic carbocycles. The highest BCUT2D eigenvalue weighted by molar-refractivity contribution is 5.84. The second kappa shape index (κ2) is 10.6. The maximum Gasteiger partial charge on any atom is 0.244 e. The SMILES string of the molecule is COc1cc(/C=N/NC(=O)Cc2ccc(F)cc2)ccc1OCc1ccccc1C#N. The predicted octanol–water partition coefficient (Wildman–Crippen LogP) is 3.98. The third kappa shape index (κ3) is 6.15. The van der Waals surface area contributed by atoms with Crippen LogP contribution in [0, 0.1) is 17.1 Å². The second-order valence-corrected chi connectivity index (χ2v) is 6.56. The summed E-state index contributed by atoms with van der Waals surface area (Å²) >= 11 is 0. The third-order valence-corrected chi connectivity index (χ3v) is 4.39. The van der Waals surface area contributed by atoms with Crippen LogP contribution < -0.4 is 14.9 Å². The Morgan fingerprint density at radius 2 is 1.90 bits per heavy atom. The van der Waals surface area contributed by atoms with E-state index in [0.29, 0.717) is 28.2 Å². The molecule has 0 unspecified atom stereocenters. The molecule has 0 saturated heterocycles. The van der Waals surface area contributed by atoms with Crippen LogP contribution in [0.25, 0.3) is 0 Å². The lowest BCUT2D eigenvalue weighted by Crippen LogP contribution is -2.19. The maximum absolute atomic E-state index is 12.9. The fourth-order valence-electron chi connectivity index (χ4n) is 2.80. The van der Waals surface area contributed by atoms with Crippen LogP contribution in [0.4, 0.5) is 4.39 Å². The lowest BCUT2D eigenvalue weighted by molar-refractivity contribution is -0.120. The summed E-state index contributed by atoms with van der Waals surface area (Å²) in [6.07, 6.45) is 1.58. The number of carbonyl (C=O) groups is 1. The van der Waals surface area contributed by atoms with Crippen molar-refractivity contribution < 1.29 is 18.7 Å². The van der Waals surface area contributed by atoms with Crippen LogP contribution in [0.5, 0.6) is 11.5 Å². The molecule has 1 N–H and O–H groups in total. The Morgan fingerprint density at radius 3 is 2.65 bits per heavy atom. The summed E-state index contributed by atoms with van der Waals surface area (Å²) in [6, 6.07) is 20.3. The van der Waals surface area contributed by atoms with Gasteiger partial charge in [0.2, 0.25) is 5.91 Å². The Hall–Kier alpha value is -4.18. The summed E-state index contributed by atoms with van der Waals surface area (Å²) in [5, 5.41) is 13.1. The molecule has 0 fully saturated rings. The van der Waals surface area contributed by atoms with Crippen molar-refractivity contribution in [2.24, 2.45) is 5.10 Å². The van der Waals surface area contributed by atoms with Crippen molar-refractivity contribution in [1.29, 1.82) is 5.26 Å². The van der Waals surface area contributed by atoms with Gasteiger partial charge in [0.05, 0.1) is 31.4 Å². The fraction of sp³-hybridized carbons (Fsp3) is 0.125. The normalized spacial score (nSPS) is 10.5. The largest absolute Gasteiger partial charge is 0.493 e. The van der Waals surface area contributed by atoms with E-state index in [-0.39, 0.29) is 24.8 Å². The number of carbonyl (C=O) groups excluding carboxylic acids is 1. The van der Waals surface area contributed by atoms with Gasteiger partial charge in [-0.1, -0.05) is 30.3 Å². The Bertz CT molecular complexity index is 1120. The molecule has 156 valence electrons. The highest BCUT2D eigenvalue weighted by Crippen LogP contribution is 2.28. The lowest BCUT2D eigenvalue weighted by Gasteiger charge is -2.12. The Labute approximate surface area is 179 Å². The maximum atomic E-state index is 12.9. The molecule has 1 amide bonds. The zero-order chi connectivity index (χ0) is 22.1. The van der Waals surface area contributed by atoms with Crippen LogP contribution in [0.2, 0.25) is 0 Å². The minimum atomic E-state index is -0.349. The van der Waals surface area contributed by atoms with Gasteiger partial charge in [0, 0.05) is 5.56 Å². The lowest BCUT2D eigenvalue weighted by atomic mass is 10.1. The molecule has 0 heterocycles. The van der Waals surface area contributed by atoms with Crippen molar-refractivity contribution in [2.45, 2.75) is 13.0 Å². The molecule has 6 nitrogen and oxygen atoms in total. The molecule has 31 heavy (non-hydrogen) atoms. The van der Waals surface area contributed by atoms with Gasteiger partial charge in [-0.25, -0.2) is 9.82 Å². The molecule has 0 saturated carbocycles. The topological polar surface area (TPSA) is 83.7 Å². The van der Waals surface area contributed by atoms with Crippen molar-refractivity contribution in [3.8, 4) is 17.6 Å². The smallest absolute Gasteiger partial charge is 0.244 e. The zero-order valence-electron chi connectivity index (χ0n) is 16.8. The van der Waals surface area contributed by atoms with Crippen LogP contribution in [0.15, 0.2) is 71.8 Å². The van der Waals surface area contributed by atoms with Crippen molar-refractivity contribution in [3.05, 3.63) is 94.8 Å². The first-order chi connectivity index (χ1) is 15.1. The van der Waals surface area contributed by atoms with Crippen molar-refractivity contribution in [3.63, 3.8) is 0 Å². The van der Waals surface area contributed by atoms with Crippen LogP contribution in [0.1, 0.15) is 22.3 Å². The first-order valence-electron chi connectivity index (χ1n) is 9.44. The van der Waals surface area contributed by atoms with Gasteiger partial charge >= 0.3 is 0 Å². The van der Waals surface area contributed by atoms with E-state index >= 15 is 0 Å². The van der Waals surface area contributed by atoms with Crippen molar-refractivity contribution in [2.75, 3.05) is 7.11 Å². The van der Waals surface area contributed by atoms with Crippen LogP contribution in [0.3, 0.4) is 0 Å². The molecule has 0 radical (unpaired) electrons. The van der Waals surface area contributed by atoms with E-state index in [1.165, 1.54) is 25.5 Å². The molecule has 0 aliphatic carbocycles. The first kappa shape index (κ1) is 21.5. The van der Waals surface area contributed by atoms with Crippen LogP contribution in [-0.2, 0) is 17.8 Å². The first-order valence-corrected chi connectivity index (χ1v) is 9.44. The minimum absolute atomic E-state index is 0.0951. The molecule has 0 aromatic heterocycles. The monoisotopic (exact) mass is 417 g/mol. The third-order valence-electron chi connectivity index (χ3n) is 4.39. The Kier molecular flexibility index (Phi) is 7.33. The second-order valence-electron chi connectivity index (χ2n) is 6.56. The molecule has 0 atom stereocenters. The van der Waals surface area contributed by atoms with Crippen molar-refractivity contribution >= 4 is 12.1 Å². The molecule has 3 aromatic rings. The average molecular weight is 417 g/mol. The Balaban J connectivity index is 1.59. The average Bonchev–Trinajstić information content (AvgIpc) is 2.79. The van der Waals surface area contributed by atoms with Gasteiger partial charge in [-0.2, -0.15) is 10.4 Å². The van der Waals surface area contributed by atoms with Crippen LogP contribution in [-0.4, -0.2) is 19.2 Å². The van der Waals surface area contributed by atoms with Gasteiger partial charge in [0.1, 0.15) is 12.4 Å². The summed E-state index contributed by atoms with van der Waals surface area (Å²) in [5.41, 5.74) is 5.16. The number of nitriles is 1. The standard InChI is InChI=1S/C24H20FN3O3/c1-30-23-12-18(15-27-28-24(29)13-17-6-9-21(25)10-7-17)8-11-22(23)31-16-20-5-3-2-4-19(20)14-26/h2-12,15H,13,16H2,1H3,(H,28,29)/b27-15+. The van der Waals surface area contributed by atoms with Gasteiger partial charge in [-0.15, -0.1) is 0 Å². The molecular formula is C24H20FN3O3. The summed E-state index contributed by atoms with van der Waals surface area (Å²) in [7, 11) is 1.52. The predicted molar refractivity (Wildman–Crippen MR) is 114 cm³/mol. The molecular weight excluding hydrogens is 397 g/mol. The summed E-state index contributed by atoms with van der Waals surface area (Å²) < 4.78 is 24.1. The fourth-order valence-corrected chi connectivity index (χ4v) is 2.80. The van der Waals surface area contributed by atoms with Crippen molar-refractivity contribution in [1.82, 2.24) is 5.43 Å². The van der Waals surface area contributed by atoms with E-state index in [0.717, 1.165) is 5.56 Å². The van der Waals surface area contributed by atoms with E-state index in [9.17, 15) is 14.4 Å². The quantitative estimate of drug-likeness (QED) is 0.444. The number of ether oxygens (including phenoxy) is 2. The number of hydrazone groups is 1. The molecule has 0 aliphatic rings. The summed E-state index contributed by atoms with van der Waals surface area (Å²) in [4.78, 5) is 12.0. The summed E-state index contributed by atoms with van der Waals surface area (Å²) in [6.45, 7) is 0.229. The Morgan fingerprint density at radius 1 is 1.13 bits per heavy atom. The molecule has 7 heteroatoms.